The molecule has 0 spiro atoms. The highest BCUT2D eigenvalue weighted by Crippen LogP contribution is 2.08. The first-order valence-electron chi connectivity index (χ1n) is 4.96. The Balaban J connectivity index is 2.36. The average Bonchev–Trinajstić information content (AvgIpc) is 2.19. The van der Waals surface area contributed by atoms with Crippen LogP contribution in [0.5, 0.6) is 5.75 Å². The predicted molar refractivity (Wildman–Crippen MR) is 58.7 cm³/mol. The van der Waals surface area contributed by atoms with Gasteiger partial charge in [-0.2, -0.15) is 0 Å². The Kier molecular flexibility index (Phi) is 4.63. The molecule has 0 heterocycles. The molecule has 4 heteroatoms. The quantitative estimate of drug-likeness (QED) is 0.788. The van der Waals surface area contributed by atoms with E-state index in [1.165, 1.54) is 0 Å². The van der Waals surface area contributed by atoms with E-state index < -0.39 is 6.09 Å². The number of para-hydroxylation sites is 1. The normalized spacial score (nSPS) is 11.9. The highest BCUT2D eigenvalue weighted by atomic mass is 16.6. The third kappa shape index (κ3) is 4.46. The molecule has 0 aliphatic heterocycles. The molecule has 0 saturated carbocycles. The number of nitrogens with one attached hydrogen (secondary N) is 1. The topological polar surface area (TPSA) is 64.3 Å². The summed E-state index contributed by atoms with van der Waals surface area (Å²) in [6.07, 6.45) is 0.298. The second-order valence-electron chi connectivity index (χ2n) is 3.33. The fraction of sp³-hybridized carbons (Fsp3) is 0.364. The van der Waals surface area contributed by atoms with Crippen LogP contribution in [0.3, 0.4) is 0 Å². The molecule has 1 atom stereocenters. The summed E-state index contributed by atoms with van der Waals surface area (Å²) in [5.74, 6) is 0.537. The van der Waals surface area contributed by atoms with Gasteiger partial charge >= 0.3 is 6.09 Å². The van der Waals surface area contributed by atoms with Gasteiger partial charge in [0.1, 0.15) is 5.75 Å². The van der Waals surface area contributed by atoms with Gasteiger partial charge < -0.3 is 15.8 Å². The Hall–Kier alpha value is -1.55. The molecule has 82 valence electrons. The van der Waals surface area contributed by atoms with Gasteiger partial charge in [0.25, 0.3) is 0 Å². The summed E-state index contributed by atoms with van der Waals surface area (Å²) in [5.41, 5.74) is 5.37. The van der Waals surface area contributed by atoms with Crippen molar-refractivity contribution in [3.63, 3.8) is 0 Å². The zero-order valence-corrected chi connectivity index (χ0v) is 8.77. The number of carbonyl (C=O) groups is 1. The number of amides is 1. The maximum atomic E-state index is 11.3. The maximum Gasteiger partial charge on any atom is 0.412 e. The van der Waals surface area contributed by atoms with Crippen molar-refractivity contribution >= 4 is 6.09 Å². The van der Waals surface area contributed by atoms with Crippen LogP contribution in [0.15, 0.2) is 30.3 Å². The van der Waals surface area contributed by atoms with Gasteiger partial charge in [-0.1, -0.05) is 18.2 Å². The van der Waals surface area contributed by atoms with Crippen LogP contribution in [0.4, 0.5) is 4.79 Å². The summed E-state index contributed by atoms with van der Waals surface area (Å²) < 4.78 is 5.04. The van der Waals surface area contributed by atoms with Crippen LogP contribution in [0.25, 0.3) is 0 Å². The lowest BCUT2D eigenvalue weighted by atomic mass is 10.2. The van der Waals surface area contributed by atoms with Crippen molar-refractivity contribution in [1.82, 2.24) is 5.32 Å². The molecule has 15 heavy (non-hydrogen) atoms. The lowest BCUT2D eigenvalue weighted by Crippen LogP contribution is -2.36. The first kappa shape index (κ1) is 11.5. The third-order valence-corrected chi connectivity index (χ3v) is 1.92. The van der Waals surface area contributed by atoms with Crippen molar-refractivity contribution in [2.75, 3.05) is 6.54 Å². The lowest BCUT2D eigenvalue weighted by Gasteiger charge is -2.12. The SMILES string of the molecule is CC(CCN)NC(=O)Oc1ccccc1. The fourth-order valence-electron chi connectivity index (χ4n) is 1.15. The number of nitrogens with two attached hydrogens (primary N) is 1. The standard InChI is InChI=1S/C11H16N2O2/c1-9(7-8-12)13-11(14)15-10-5-3-2-4-6-10/h2-6,9H,7-8,12H2,1H3,(H,13,14). The zero-order chi connectivity index (χ0) is 11.1. The molecule has 1 aromatic carbocycles. The number of ether oxygens (including phenoxy) is 1. The van der Waals surface area contributed by atoms with Gasteiger partial charge in [0.2, 0.25) is 0 Å². The molecule has 4 nitrogen and oxygen atoms in total. The van der Waals surface area contributed by atoms with E-state index in [1.54, 1.807) is 12.1 Å². The van der Waals surface area contributed by atoms with Crippen LogP contribution >= 0.6 is 0 Å². The maximum absolute atomic E-state index is 11.3. The monoisotopic (exact) mass is 208 g/mol. The van der Waals surface area contributed by atoms with Crippen molar-refractivity contribution in [1.29, 1.82) is 0 Å². The molecule has 0 aliphatic carbocycles. The highest BCUT2D eigenvalue weighted by molar-refractivity contribution is 5.70. The summed E-state index contributed by atoms with van der Waals surface area (Å²) in [4.78, 5) is 11.3. The fourth-order valence-corrected chi connectivity index (χ4v) is 1.15. The summed E-state index contributed by atoms with van der Waals surface area (Å²) >= 11 is 0. The summed E-state index contributed by atoms with van der Waals surface area (Å²) in [5, 5.41) is 2.69. The van der Waals surface area contributed by atoms with Crippen molar-refractivity contribution in [3.05, 3.63) is 30.3 Å². The van der Waals surface area contributed by atoms with Crippen molar-refractivity contribution in [3.8, 4) is 5.75 Å². The predicted octanol–water partition coefficient (Wildman–Crippen LogP) is 1.51. The summed E-state index contributed by atoms with van der Waals surface area (Å²) in [6, 6.07) is 8.98. The minimum atomic E-state index is -0.442. The molecule has 0 bridgehead atoms. The Bertz CT molecular complexity index is 301. The Morgan fingerprint density at radius 1 is 1.47 bits per heavy atom. The largest absolute Gasteiger partial charge is 0.412 e. The van der Waals surface area contributed by atoms with E-state index in [9.17, 15) is 4.79 Å². The van der Waals surface area contributed by atoms with Crippen molar-refractivity contribution in [2.45, 2.75) is 19.4 Å². The van der Waals surface area contributed by atoms with E-state index in [1.807, 2.05) is 25.1 Å². The van der Waals surface area contributed by atoms with Gasteiger partial charge in [-0.25, -0.2) is 4.79 Å². The van der Waals surface area contributed by atoms with E-state index in [4.69, 9.17) is 10.5 Å². The number of carbonyl (C=O) groups excluding carboxylic acids is 1. The van der Waals surface area contributed by atoms with Gasteiger partial charge in [-0.05, 0) is 32.0 Å². The Labute approximate surface area is 89.4 Å². The van der Waals surface area contributed by atoms with Gasteiger partial charge in [0, 0.05) is 6.04 Å². The van der Waals surface area contributed by atoms with Gasteiger partial charge in [0.05, 0.1) is 0 Å². The molecule has 1 rings (SSSR count). The van der Waals surface area contributed by atoms with Gasteiger partial charge in [-0.3, -0.25) is 0 Å². The average molecular weight is 208 g/mol. The summed E-state index contributed by atoms with van der Waals surface area (Å²) in [7, 11) is 0. The molecule has 0 radical (unpaired) electrons. The van der Waals surface area contributed by atoms with E-state index in [0.717, 1.165) is 6.42 Å². The zero-order valence-electron chi connectivity index (χ0n) is 8.77. The van der Waals surface area contributed by atoms with Crippen LogP contribution in [0.2, 0.25) is 0 Å². The lowest BCUT2D eigenvalue weighted by molar-refractivity contribution is 0.196. The Morgan fingerprint density at radius 3 is 2.73 bits per heavy atom. The number of hydrogen-bond acceptors (Lipinski definition) is 3. The molecule has 0 aliphatic rings. The molecular weight excluding hydrogens is 192 g/mol. The van der Waals surface area contributed by atoms with Crippen LogP contribution < -0.4 is 15.8 Å². The molecule has 3 N–H and O–H groups in total. The van der Waals surface area contributed by atoms with Gasteiger partial charge in [-0.15, -0.1) is 0 Å². The van der Waals surface area contributed by atoms with Crippen molar-refractivity contribution < 1.29 is 9.53 Å². The van der Waals surface area contributed by atoms with Crippen LogP contribution in [-0.2, 0) is 0 Å². The Morgan fingerprint density at radius 2 is 2.13 bits per heavy atom. The molecule has 0 fully saturated rings. The van der Waals surface area contributed by atoms with Crippen LogP contribution in [-0.4, -0.2) is 18.7 Å². The minimum Gasteiger partial charge on any atom is -0.410 e. The third-order valence-electron chi connectivity index (χ3n) is 1.92. The number of benzene rings is 1. The second kappa shape index (κ2) is 6.03. The van der Waals surface area contributed by atoms with Gasteiger partial charge in [0.15, 0.2) is 0 Å². The van der Waals surface area contributed by atoms with E-state index in [-0.39, 0.29) is 6.04 Å². The first-order chi connectivity index (χ1) is 7.22. The molecule has 1 amide bonds. The molecular formula is C11H16N2O2. The summed E-state index contributed by atoms with van der Waals surface area (Å²) in [6.45, 7) is 2.44. The van der Waals surface area contributed by atoms with Crippen LogP contribution in [0.1, 0.15) is 13.3 Å². The first-order valence-corrected chi connectivity index (χ1v) is 4.96. The second-order valence-corrected chi connectivity index (χ2v) is 3.33. The number of rotatable bonds is 4. The van der Waals surface area contributed by atoms with Crippen molar-refractivity contribution in [2.24, 2.45) is 5.73 Å². The minimum absolute atomic E-state index is 0.0335. The van der Waals surface area contributed by atoms with E-state index >= 15 is 0 Å². The smallest absolute Gasteiger partial charge is 0.410 e. The highest BCUT2D eigenvalue weighted by Gasteiger charge is 2.07. The number of hydrogen-bond donors (Lipinski definition) is 2. The van der Waals surface area contributed by atoms with E-state index in [2.05, 4.69) is 5.32 Å². The molecule has 1 aromatic rings. The van der Waals surface area contributed by atoms with E-state index in [0.29, 0.717) is 12.3 Å². The van der Waals surface area contributed by atoms with Crippen LogP contribution in [0, 0.1) is 0 Å². The molecule has 0 aromatic heterocycles. The molecule has 1 unspecified atom stereocenters. The molecule has 0 saturated heterocycles.